The zero-order valence-electron chi connectivity index (χ0n) is 18.8. The van der Waals surface area contributed by atoms with Gasteiger partial charge in [0.15, 0.2) is 6.29 Å². The molecule has 0 saturated heterocycles. The van der Waals surface area contributed by atoms with E-state index in [1.54, 1.807) is 0 Å². The van der Waals surface area contributed by atoms with E-state index in [1.165, 1.54) is 0 Å². The molecule has 0 aliphatic heterocycles. The summed E-state index contributed by atoms with van der Waals surface area (Å²) in [6, 6.07) is 36.9. The van der Waals surface area contributed by atoms with Gasteiger partial charge in [0.05, 0.1) is 13.2 Å². The van der Waals surface area contributed by atoms with Crippen LogP contribution in [0.2, 0.25) is 0 Å². The molecule has 0 bridgehead atoms. The van der Waals surface area contributed by atoms with Crippen molar-refractivity contribution in [1.82, 2.24) is 0 Å². The van der Waals surface area contributed by atoms with Gasteiger partial charge in [-0.15, -0.1) is 0 Å². The van der Waals surface area contributed by atoms with Crippen LogP contribution >= 0.6 is 0 Å². The third-order valence-electron chi connectivity index (χ3n) is 5.13. The maximum atomic E-state index is 12.1. The van der Waals surface area contributed by atoms with Crippen molar-refractivity contribution in [3.05, 3.63) is 138 Å². The first-order chi connectivity index (χ1) is 16.8. The summed E-state index contributed by atoms with van der Waals surface area (Å²) < 4.78 is 17.5. The predicted octanol–water partition coefficient (Wildman–Crippen LogP) is 6.87. The van der Waals surface area contributed by atoms with Crippen LogP contribution < -0.4 is 5.32 Å². The lowest BCUT2D eigenvalue weighted by Gasteiger charge is -2.20. The highest BCUT2D eigenvalue weighted by atomic mass is 16.7. The van der Waals surface area contributed by atoms with Gasteiger partial charge in [-0.1, -0.05) is 103 Å². The third-order valence-corrected chi connectivity index (χ3v) is 5.13. The molecule has 0 fully saturated rings. The number of benzene rings is 4. The first kappa shape index (κ1) is 23.2. The normalized spacial score (nSPS) is 10.7. The topological polar surface area (TPSA) is 56.8 Å². The van der Waals surface area contributed by atoms with Gasteiger partial charge >= 0.3 is 6.09 Å². The van der Waals surface area contributed by atoms with Gasteiger partial charge in [0.1, 0.15) is 6.61 Å². The van der Waals surface area contributed by atoms with E-state index in [0.717, 1.165) is 22.3 Å². The molecule has 0 saturated carbocycles. The summed E-state index contributed by atoms with van der Waals surface area (Å²) >= 11 is 0. The van der Waals surface area contributed by atoms with Gasteiger partial charge in [0, 0.05) is 11.3 Å². The Kier molecular flexibility index (Phi) is 8.44. The van der Waals surface area contributed by atoms with Gasteiger partial charge < -0.3 is 14.2 Å². The van der Waals surface area contributed by atoms with Crippen molar-refractivity contribution in [1.29, 1.82) is 0 Å². The lowest BCUT2D eigenvalue weighted by Crippen LogP contribution is -2.14. The summed E-state index contributed by atoms with van der Waals surface area (Å²) in [6.45, 7) is 1.06. The molecule has 5 heteroatoms. The number of amides is 1. The second-order valence-electron chi connectivity index (χ2n) is 7.73. The Morgan fingerprint density at radius 1 is 0.588 bits per heavy atom. The number of nitrogens with one attached hydrogen (secondary N) is 1. The van der Waals surface area contributed by atoms with Crippen LogP contribution in [-0.4, -0.2) is 6.09 Å². The van der Waals surface area contributed by atoms with E-state index in [2.05, 4.69) is 5.32 Å². The van der Waals surface area contributed by atoms with Crippen molar-refractivity contribution in [3.63, 3.8) is 0 Å². The number of hydrogen-bond acceptors (Lipinski definition) is 4. The van der Waals surface area contributed by atoms with Crippen molar-refractivity contribution in [2.45, 2.75) is 26.1 Å². The molecule has 5 nitrogen and oxygen atoms in total. The lowest BCUT2D eigenvalue weighted by atomic mass is 10.2. The second kappa shape index (κ2) is 12.3. The maximum Gasteiger partial charge on any atom is 0.411 e. The SMILES string of the molecule is O=C(Nc1ccc(C(OCc2ccccc2)OCc2ccccc2)cc1)OCc1ccccc1. The van der Waals surface area contributed by atoms with Crippen molar-refractivity contribution in [2.24, 2.45) is 0 Å². The molecule has 4 aromatic rings. The average molecular weight is 454 g/mol. The first-order valence-corrected chi connectivity index (χ1v) is 11.1. The van der Waals surface area contributed by atoms with Gasteiger partial charge in [-0.05, 0) is 28.8 Å². The number of anilines is 1. The molecule has 1 N–H and O–H groups in total. The number of ether oxygens (including phenoxy) is 3. The minimum absolute atomic E-state index is 0.216. The number of carbonyl (C=O) groups excluding carboxylic acids is 1. The molecule has 1 amide bonds. The van der Waals surface area contributed by atoms with Gasteiger partial charge in [0.25, 0.3) is 0 Å². The summed E-state index contributed by atoms with van der Waals surface area (Å²) in [5, 5.41) is 2.75. The second-order valence-corrected chi connectivity index (χ2v) is 7.73. The van der Waals surface area contributed by atoms with Crippen molar-refractivity contribution >= 4 is 11.8 Å². The summed E-state index contributed by atoms with van der Waals surface area (Å²) in [4.78, 5) is 12.1. The Morgan fingerprint density at radius 3 is 1.50 bits per heavy atom. The highest BCUT2D eigenvalue weighted by Gasteiger charge is 2.14. The fourth-order valence-corrected chi connectivity index (χ4v) is 3.33. The lowest BCUT2D eigenvalue weighted by molar-refractivity contribution is -0.161. The standard InChI is InChI=1S/C29H27NO4/c31-29(34-22-25-14-8-3-9-15-25)30-27-18-16-26(17-19-27)28(32-20-23-10-4-1-5-11-23)33-21-24-12-6-2-7-13-24/h1-19,28H,20-22H2,(H,30,31). The van der Waals surface area contributed by atoms with Crippen LogP contribution in [0.1, 0.15) is 28.5 Å². The van der Waals surface area contributed by atoms with Crippen molar-refractivity contribution in [2.75, 3.05) is 5.32 Å². The van der Waals surface area contributed by atoms with Crippen molar-refractivity contribution < 1.29 is 19.0 Å². The van der Waals surface area contributed by atoms with E-state index in [9.17, 15) is 4.79 Å². The highest BCUT2D eigenvalue weighted by molar-refractivity contribution is 5.84. The molecular weight excluding hydrogens is 426 g/mol. The van der Waals surface area contributed by atoms with Crippen LogP contribution in [0.3, 0.4) is 0 Å². The van der Waals surface area contributed by atoms with E-state index >= 15 is 0 Å². The van der Waals surface area contributed by atoms with Crippen LogP contribution in [0, 0.1) is 0 Å². The number of rotatable bonds is 10. The molecule has 0 spiro atoms. The minimum Gasteiger partial charge on any atom is -0.444 e. The van der Waals surface area contributed by atoms with Crippen molar-refractivity contribution in [3.8, 4) is 0 Å². The molecule has 0 radical (unpaired) electrons. The Bertz CT molecular complexity index is 1090. The molecule has 0 atom stereocenters. The van der Waals surface area contributed by atoms with Gasteiger partial charge in [-0.3, -0.25) is 5.32 Å². The highest BCUT2D eigenvalue weighted by Crippen LogP contribution is 2.24. The van der Waals surface area contributed by atoms with Gasteiger partial charge in [-0.2, -0.15) is 0 Å². The zero-order chi connectivity index (χ0) is 23.4. The molecule has 0 unspecified atom stereocenters. The van der Waals surface area contributed by atoms with Crippen LogP contribution in [-0.2, 0) is 34.0 Å². The molecule has 0 aromatic heterocycles. The summed E-state index contributed by atoms with van der Waals surface area (Å²) in [5.41, 5.74) is 4.55. The smallest absolute Gasteiger partial charge is 0.411 e. The largest absolute Gasteiger partial charge is 0.444 e. The quantitative estimate of drug-likeness (QED) is 0.266. The molecule has 4 aromatic carbocycles. The van der Waals surface area contributed by atoms with Gasteiger partial charge in [0.2, 0.25) is 0 Å². The Labute approximate surface area is 199 Å². The average Bonchev–Trinajstić information content (AvgIpc) is 2.90. The van der Waals surface area contributed by atoms with Crippen LogP contribution in [0.5, 0.6) is 0 Å². The van der Waals surface area contributed by atoms with Crippen LogP contribution in [0.15, 0.2) is 115 Å². The fourth-order valence-electron chi connectivity index (χ4n) is 3.33. The molecule has 0 heterocycles. The third kappa shape index (κ3) is 7.30. The minimum atomic E-state index is -0.556. The molecular formula is C29H27NO4. The molecule has 4 rings (SSSR count). The van der Waals surface area contributed by atoms with E-state index in [4.69, 9.17) is 14.2 Å². The van der Waals surface area contributed by atoms with E-state index < -0.39 is 12.4 Å². The first-order valence-electron chi connectivity index (χ1n) is 11.1. The Balaban J connectivity index is 1.36. The zero-order valence-corrected chi connectivity index (χ0v) is 18.8. The predicted molar refractivity (Wildman–Crippen MR) is 132 cm³/mol. The summed E-state index contributed by atoms with van der Waals surface area (Å²) in [6.07, 6.45) is -1.06. The molecule has 172 valence electrons. The van der Waals surface area contributed by atoms with Gasteiger partial charge in [-0.25, -0.2) is 4.79 Å². The Morgan fingerprint density at radius 2 is 1.03 bits per heavy atom. The van der Waals surface area contributed by atoms with Crippen LogP contribution in [0.4, 0.5) is 10.5 Å². The van der Waals surface area contributed by atoms with Crippen LogP contribution in [0.25, 0.3) is 0 Å². The molecule has 0 aliphatic rings. The Hall–Kier alpha value is -3.93. The monoisotopic (exact) mass is 453 g/mol. The van der Waals surface area contributed by atoms with E-state index in [1.807, 2.05) is 115 Å². The number of hydrogen-bond donors (Lipinski definition) is 1. The number of carbonyl (C=O) groups is 1. The van der Waals surface area contributed by atoms with E-state index in [0.29, 0.717) is 18.9 Å². The summed E-state index contributed by atoms with van der Waals surface area (Å²) in [7, 11) is 0. The fraction of sp³-hybridized carbons (Fsp3) is 0.138. The van der Waals surface area contributed by atoms with E-state index in [-0.39, 0.29) is 6.61 Å². The molecule has 0 aliphatic carbocycles. The summed E-state index contributed by atoms with van der Waals surface area (Å²) in [5.74, 6) is 0. The molecule has 34 heavy (non-hydrogen) atoms. The maximum absolute atomic E-state index is 12.1.